The maximum absolute atomic E-state index is 10.3. The van der Waals surface area contributed by atoms with E-state index in [2.05, 4.69) is 10.6 Å². The highest BCUT2D eigenvalue weighted by Gasteiger charge is 1.89. The van der Waals surface area contributed by atoms with Crippen molar-refractivity contribution in [3.05, 3.63) is 0 Å². The van der Waals surface area contributed by atoms with E-state index in [9.17, 15) is 4.79 Å². The van der Waals surface area contributed by atoms with Gasteiger partial charge in [-0.3, -0.25) is 0 Å². The zero-order valence-electron chi connectivity index (χ0n) is 5.32. The van der Waals surface area contributed by atoms with Gasteiger partial charge in [-0.1, -0.05) is 6.92 Å². The van der Waals surface area contributed by atoms with Crippen LogP contribution in [0.2, 0.25) is 0 Å². The van der Waals surface area contributed by atoms with Crippen LogP contribution in [0, 0.1) is 0 Å². The maximum atomic E-state index is 10.3. The molecule has 0 aliphatic rings. The third kappa shape index (κ3) is 3.46. The molecule has 0 rings (SSSR count). The third-order valence-corrected chi connectivity index (χ3v) is 0.763. The summed E-state index contributed by atoms with van der Waals surface area (Å²) in [6, 6.07) is -0.105. The summed E-state index contributed by atoms with van der Waals surface area (Å²) in [7, 11) is 1.60. The van der Waals surface area contributed by atoms with E-state index in [4.69, 9.17) is 0 Å². The van der Waals surface area contributed by atoms with Crippen molar-refractivity contribution >= 4 is 6.03 Å². The van der Waals surface area contributed by atoms with Gasteiger partial charge in [0.2, 0.25) is 0 Å². The van der Waals surface area contributed by atoms with E-state index in [1.165, 1.54) is 0 Å². The molecule has 0 aliphatic carbocycles. The van der Waals surface area contributed by atoms with Crippen molar-refractivity contribution in [2.24, 2.45) is 0 Å². The van der Waals surface area contributed by atoms with Crippen LogP contribution in [0.1, 0.15) is 14.8 Å². The molecule has 3 heteroatoms. The van der Waals surface area contributed by atoms with Gasteiger partial charge in [0.1, 0.15) is 0 Å². The Morgan fingerprint density at radius 2 is 2.38 bits per heavy atom. The summed E-state index contributed by atoms with van der Waals surface area (Å²) in [5, 5.41) is 5.08. The van der Waals surface area contributed by atoms with E-state index in [1.54, 1.807) is 7.05 Å². The van der Waals surface area contributed by atoms with E-state index in [0.717, 1.165) is 13.0 Å². The molecule has 0 aliphatic heterocycles. The Balaban J connectivity index is 0. The first-order chi connectivity index (χ1) is 3.81. The fourth-order valence-electron chi connectivity index (χ4n) is 0.327. The molecule has 2 N–H and O–H groups in total. The predicted molar refractivity (Wildman–Crippen MR) is 34.9 cm³/mol. The predicted octanol–water partition coefficient (Wildman–Crippen LogP) is 0.571. The van der Waals surface area contributed by atoms with Crippen LogP contribution < -0.4 is 10.6 Å². The number of amides is 2. The maximum Gasteiger partial charge on any atom is 0.314 e. The van der Waals surface area contributed by atoms with Crippen LogP contribution in [0.25, 0.3) is 0 Å². The van der Waals surface area contributed by atoms with Crippen LogP contribution in [0.3, 0.4) is 0 Å². The Kier molecular flexibility index (Phi) is 4.03. The number of urea groups is 1. The van der Waals surface area contributed by atoms with E-state index in [1.807, 2.05) is 6.92 Å². The fourth-order valence-corrected chi connectivity index (χ4v) is 0.327. The van der Waals surface area contributed by atoms with Crippen molar-refractivity contribution in [2.75, 3.05) is 13.6 Å². The topological polar surface area (TPSA) is 41.1 Å². The standard InChI is InChI=1S/C5H12N2O.H2/c1-3-4-7-5(8)6-2;/h3-4H2,1-2H3,(H2,6,7,8);1H. The van der Waals surface area contributed by atoms with Gasteiger partial charge >= 0.3 is 6.03 Å². The van der Waals surface area contributed by atoms with Gasteiger partial charge < -0.3 is 10.6 Å². The zero-order valence-corrected chi connectivity index (χ0v) is 5.32. The largest absolute Gasteiger partial charge is 0.341 e. The molecule has 3 nitrogen and oxygen atoms in total. The summed E-state index contributed by atoms with van der Waals surface area (Å²) in [5.41, 5.74) is 0. The molecule has 2 amide bonds. The molecule has 0 spiro atoms. The fraction of sp³-hybridized carbons (Fsp3) is 0.800. The van der Waals surface area contributed by atoms with Gasteiger partial charge in [0.25, 0.3) is 0 Å². The quantitative estimate of drug-likeness (QED) is 0.547. The van der Waals surface area contributed by atoms with Crippen LogP contribution in [0.5, 0.6) is 0 Å². The zero-order chi connectivity index (χ0) is 6.41. The second-order valence-electron chi connectivity index (χ2n) is 1.51. The van der Waals surface area contributed by atoms with Crippen molar-refractivity contribution in [2.45, 2.75) is 13.3 Å². The number of carbonyl (C=O) groups excluding carboxylic acids is 1. The van der Waals surface area contributed by atoms with Crippen LogP contribution in [-0.4, -0.2) is 19.6 Å². The lowest BCUT2D eigenvalue weighted by molar-refractivity contribution is 0.243. The van der Waals surface area contributed by atoms with Crippen LogP contribution >= 0.6 is 0 Å². The first kappa shape index (κ1) is 7.27. The van der Waals surface area contributed by atoms with Gasteiger partial charge in [0.15, 0.2) is 0 Å². The lowest BCUT2D eigenvalue weighted by Gasteiger charge is -1.98. The average Bonchev–Trinajstić information content (AvgIpc) is 1.83. The summed E-state index contributed by atoms with van der Waals surface area (Å²) >= 11 is 0. The van der Waals surface area contributed by atoms with E-state index in [0.29, 0.717) is 0 Å². The molecule has 0 saturated heterocycles. The van der Waals surface area contributed by atoms with E-state index >= 15 is 0 Å². The molecule has 0 heterocycles. The van der Waals surface area contributed by atoms with Gasteiger partial charge in [-0.05, 0) is 6.42 Å². The molecule has 0 radical (unpaired) electrons. The summed E-state index contributed by atoms with van der Waals surface area (Å²) in [6.07, 6.45) is 0.980. The Hall–Kier alpha value is -0.730. The van der Waals surface area contributed by atoms with Crippen molar-refractivity contribution < 1.29 is 6.22 Å². The Labute approximate surface area is 50.9 Å². The minimum absolute atomic E-state index is 0. The number of hydrogen-bond acceptors (Lipinski definition) is 1. The molecule has 0 aromatic heterocycles. The molecule has 0 fully saturated rings. The SMILES string of the molecule is CCCNC(=O)NC.[HH]. The molecule has 0 unspecified atom stereocenters. The summed E-state index contributed by atoms with van der Waals surface area (Å²) in [4.78, 5) is 10.3. The second kappa shape index (κ2) is 4.43. The molecule has 8 heavy (non-hydrogen) atoms. The number of hydrogen-bond donors (Lipinski definition) is 2. The Morgan fingerprint density at radius 3 is 2.75 bits per heavy atom. The smallest absolute Gasteiger partial charge is 0.314 e. The van der Waals surface area contributed by atoms with E-state index in [-0.39, 0.29) is 7.46 Å². The lowest BCUT2D eigenvalue weighted by atomic mass is 10.5. The highest BCUT2D eigenvalue weighted by atomic mass is 16.2. The second-order valence-corrected chi connectivity index (χ2v) is 1.51. The molecule has 0 bridgehead atoms. The molecule has 0 aromatic rings. The minimum Gasteiger partial charge on any atom is -0.341 e. The van der Waals surface area contributed by atoms with E-state index < -0.39 is 0 Å². The molecular weight excluding hydrogens is 104 g/mol. The van der Waals surface area contributed by atoms with Crippen molar-refractivity contribution in [3.8, 4) is 0 Å². The van der Waals surface area contributed by atoms with Crippen LogP contribution in [0.4, 0.5) is 4.79 Å². The van der Waals surface area contributed by atoms with Gasteiger partial charge in [-0.2, -0.15) is 0 Å². The normalized spacial score (nSPS) is 8.25. The Morgan fingerprint density at radius 1 is 1.75 bits per heavy atom. The number of nitrogens with one attached hydrogen (secondary N) is 2. The van der Waals surface area contributed by atoms with Gasteiger partial charge in [0.05, 0.1) is 0 Å². The highest BCUT2D eigenvalue weighted by Crippen LogP contribution is 1.68. The monoisotopic (exact) mass is 118 g/mol. The molecule has 50 valence electrons. The van der Waals surface area contributed by atoms with Gasteiger partial charge in [-0.25, -0.2) is 4.79 Å². The first-order valence-corrected chi connectivity index (χ1v) is 2.76. The van der Waals surface area contributed by atoms with Gasteiger partial charge in [-0.15, -0.1) is 0 Å². The first-order valence-electron chi connectivity index (χ1n) is 2.76. The molecule has 0 aromatic carbocycles. The average molecular weight is 118 g/mol. The van der Waals surface area contributed by atoms with Crippen molar-refractivity contribution in [1.29, 1.82) is 0 Å². The summed E-state index contributed by atoms with van der Waals surface area (Å²) in [5.74, 6) is 0. The summed E-state index contributed by atoms with van der Waals surface area (Å²) in [6.45, 7) is 2.76. The van der Waals surface area contributed by atoms with Gasteiger partial charge in [0, 0.05) is 15.0 Å². The Bertz CT molecular complexity index is 77.4. The molecule has 0 saturated carbocycles. The minimum atomic E-state index is -0.105. The van der Waals surface area contributed by atoms with Crippen molar-refractivity contribution in [3.63, 3.8) is 0 Å². The van der Waals surface area contributed by atoms with Crippen LogP contribution in [0.15, 0.2) is 0 Å². The number of carbonyl (C=O) groups is 1. The molecular formula is C5H14N2O. The van der Waals surface area contributed by atoms with Crippen molar-refractivity contribution in [1.82, 2.24) is 10.6 Å². The van der Waals surface area contributed by atoms with Crippen LogP contribution in [-0.2, 0) is 0 Å². The third-order valence-electron chi connectivity index (χ3n) is 0.763. The highest BCUT2D eigenvalue weighted by molar-refractivity contribution is 5.73. The lowest BCUT2D eigenvalue weighted by Crippen LogP contribution is -2.32. The number of rotatable bonds is 2. The summed E-state index contributed by atoms with van der Waals surface area (Å²) < 4.78 is 0. The molecule has 0 atom stereocenters.